The van der Waals surface area contributed by atoms with Gasteiger partial charge in [0.2, 0.25) is 5.13 Å². The van der Waals surface area contributed by atoms with Gasteiger partial charge in [0.15, 0.2) is 5.82 Å². The van der Waals surface area contributed by atoms with Gasteiger partial charge in [-0.3, -0.25) is 4.40 Å². The molecule has 0 radical (unpaired) electrons. The molecule has 5 rings (SSSR count). The summed E-state index contributed by atoms with van der Waals surface area (Å²) in [6.07, 6.45) is 2.65. The number of aromatic nitrogens is 4. The first kappa shape index (κ1) is 26.2. The number of rotatable bonds is 5. The van der Waals surface area contributed by atoms with Gasteiger partial charge in [-0.15, -0.1) is 0 Å². The molecule has 0 atom stereocenters. The minimum absolute atomic E-state index is 0.256. The van der Waals surface area contributed by atoms with Crippen LogP contribution in [-0.2, 0) is 11.2 Å². The summed E-state index contributed by atoms with van der Waals surface area (Å²) in [5.74, 6) is 1.64. The van der Waals surface area contributed by atoms with Crippen LogP contribution in [0.4, 0.5) is 21.4 Å². The van der Waals surface area contributed by atoms with Crippen molar-refractivity contribution >= 4 is 51.5 Å². The van der Waals surface area contributed by atoms with Crippen LogP contribution in [0.5, 0.6) is 0 Å². The van der Waals surface area contributed by atoms with E-state index in [0.717, 1.165) is 53.1 Å². The molecule has 1 aliphatic rings. The Morgan fingerprint density at radius 1 is 1.08 bits per heavy atom. The second-order valence-electron chi connectivity index (χ2n) is 10.3. The first-order valence-corrected chi connectivity index (χ1v) is 13.9. The molecule has 1 fully saturated rings. The fraction of sp³-hybridized carbons (Fsp3) is 0.407. The van der Waals surface area contributed by atoms with E-state index in [1.54, 1.807) is 4.90 Å². The van der Waals surface area contributed by atoms with E-state index < -0.39 is 5.60 Å². The zero-order valence-electron chi connectivity index (χ0n) is 22.3. The first-order valence-electron chi connectivity index (χ1n) is 12.7. The number of nitrogens with zero attached hydrogens (tertiary/aromatic N) is 7. The van der Waals surface area contributed by atoms with Gasteiger partial charge >= 0.3 is 6.09 Å². The second-order valence-corrected chi connectivity index (χ2v) is 11.4. The van der Waals surface area contributed by atoms with Crippen LogP contribution < -0.4 is 9.80 Å². The maximum atomic E-state index is 12.5. The number of carbonyl (C=O) groups excluding carboxylic acids is 1. The maximum absolute atomic E-state index is 12.5. The van der Waals surface area contributed by atoms with Gasteiger partial charge in [-0.25, -0.2) is 9.78 Å². The van der Waals surface area contributed by atoms with Crippen molar-refractivity contribution in [2.45, 2.75) is 39.7 Å². The highest BCUT2D eigenvalue weighted by atomic mass is 35.5. The lowest BCUT2D eigenvalue weighted by atomic mass is 10.2. The zero-order valence-corrected chi connectivity index (χ0v) is 23.9. The molecular formula is C27H32ClN7O2S. The van der Waals surface area contributed by atoms with Crippen LogP contribution in [0.15, 0.2) is 42.6 Å². The highest BCUT2D eigenvalue weighted by Gasteiger charge is 2.27. The number of ether oxygens (including phenoxy) is 1. The molecular weight excluding hydrogens is 522 g/mol. The Morgan fingerprint density at radius 2 is 1.79 bits per heavy atom. The highest BCUT2D eigenvalue weighted by Crippen LogP contribution is 2.33. The molecule has 200 valence electrons. The Labute approximate surface area is 231 Å². The molecule has 9 nitrogen and oxygen atoms in total. The van der Waals surface area contributed by atoms with Gasteiger partial charge in [-0.2, -0.15) is 9.36 Å². The van der Waals surface area contributed by atoms with Gasteiger partial charge in [0, 0.05) is 61.5 Å². The number of benzene rings is 1. The van der Waals surface area contributed by atoms with E-state index in [4.69, 9.17) is 26.3 Å². The summed E-state index contributed by atoms with van der Waals surface area (Å²) in [4.78, 5) is 28.3. The second kappa shape index (κ2) is 10.4. The van der Waals surface area contributed by atoms with Crippen LogP contribution in [0.1, 0.15) is 33.4 Å². The third kappa shape index (κ3) is 5.42. The Bertz CT molecular complexity index is 1440. The maximum Gasteiger partial charge on any atom is 0.410 e. The van der Waals surface area contributed by atoms with Crippen molar-refractivity contribution in [2.24, 2.45) is 0 Å². The third-order valence-electron chi connectivity index (χ3n) is 6.40. The number of hydrogen-bond donors (Lipinski definition) is 0. The lowest BCUT2D eigenvalue weighted by molar-refractivity contribution is 0.0240. The van der Waals surface area contributed by atoms with Crippen molar-refractivity contribution in [3.8, 4) is 11.4 Å². The largest absolute Gasteiger partial charge is 0.444 e. The topological polar surface area (TPSA) is 79.1 Å². The number of amides is 1. The van der Waals surface area contributed by atoms with Crippen LogP contribution >= 0.6 is 23.1 Å². The van der Waals surface area contributed by atoms with Crippen LogP contribution in [0.25, 0.3) is 17.0 Å². The van der Waals surface area contributed by atoms with E-state index in [0.29, 0.717) is 23.9 Å². The molecule has 1 aliphatic heterocycles. The summed E-state index contributed by atoms with van der Waals surface area (Å²) < 4.78 is 12.3. The van der Waals surface area contributed by atoms with E-state index in [-0.39, 0.29) is 6.09 Å². The molecule has 38 heavy (non-hydrogen) atoms. The molecule has 0 N–H and O–H groups in total. The molecule has 0 bridgehead atoms. The average molecular weight is 554 g/mol. The highest BCUT2D eigenvalue weighted by molar-refractivity contribution is 7.10. The molecule has 0 aliphatic carbocycles. The number of hydrogen-bond acceptors (Lipinski definition) is 8. The van der Waals surface area contributed by atoms with Crippen molar-refractivity contribution in [1.82, 2.24) is 23.6 Å². The van der Waals surface area contributed by atoms with Crippen molar-refractivity contribution < 1.29 is 9.53 Å². The van der Waals surface area contributed by atoms with Crippen molar-refractivity contribution in [3.63, 3.8) is 0 Å². The Hall–Kier alpha value is -3.37. The number of carbonyl (C=O) groups is 1. The van der Waals surface area contributed by atoms with Gasteiger partial charge in [0.25, 0.3) is 0 Å². The van der Waals surface area contributed by atoms with E-state index >= 15 is 0 Å². The fourth-order valence-corrected chi connectivity index (χ4v) is 5.26. The third-order valence-corrected chi connectivity index (χ3v) is 7.45. The Kier molecular flexibility index (Phi) is 7.19. The molecule has 1 amide bonds. The van der Waals surface area contributed by atoms with Crippen molar-refractivity contribution in [1.29, 1.82) is 0 Å². The predicted molar refractivity (Wildman–Crippen MR) is 153 cm³/mol. The molecule has 0 saturated carbocycles. The standard InChI is InChI=1S/C27H32ClN7O2S/c1-6-21-24(32(5)25-30-23(31-38-25)18-7-9-19(28)10-8-18)35-17-20(11-12-22(35)29-21)33-13-15-34(16-14-33)26(36)37-27(2,3)4/h7-12,17H,6,13-16H2,1-5H3. The molecule has 0 unspecified atom stereocenters. The molecule has 4 heterocycles. The van der Waals surface area contributed by atoms with E-state index in [9.17, 15) is 4.79 Å². The van der Waals surface area contributed by atoms with Gasteiger partial charge in [-0.1, -0.05) is 18.5 Å². The van der Waals surface area contributed by atoms with Crippen LogP contribution in [0.3, 0.4) is 0 Å². The summed E-state index contributed by atoms with van der Waals surface area (Å²) in [7, 11) is 2.00. The minimum atomic E-state index is -0.497. The molecule has 3 aromatic heterocycles. The summed E-state index contributed by atoms with van der Waals surface area (Å²) in [6, 6.07) is 11.7. The molecule has 4 aromatic rings. The van der Waals surface area contributed by atoms with E-state index in [1.165, 1.54) is 11.5 Å². The van der Waals surface area contributed by atoms with Gasteiger partial charge in [0.05, 0.1) is 11.4 Å². The fourth-order valence-electron chi connectivity index (χ4n) is 4.48. The quantitative estimate of drug-likeness (QED) is 0.305. The lowest BCUT2D eigenvalue weighted by Gasteiger charge is -2.36. The van der Waals surface area contributed by atoms with Crippen LogP contribution in [0, 0.1) is 0 Å². The molecule has 0 spiro atoms. The summed E-state index contributed by atoms with van der Waals surface area (Å²) >= 11 is 7.39. The number of aryl methyl sites for hydroxylation is 1. The number of pyridine rings is 1. The van der Waals surface area contributed by atoms with E-state index in [1.807, 2.05) is 58.2 Å². The zero-order chi connectivity index (χ0) is 27.0. The Morgan fingerprint density at radius 3 is 2.45 bits per heavy atom. The molecule has 11 heteroatoms. The van der Waals surface area contributed by atoms with Gasteiger partial charge < -0.3 is 19.4 Å². The number of anilines is 3. The molecule has 1 saturated heterocycles. The summed E-state index contributed by atoms with van der Waals surface area (Å²) in [5, 5.41) is 1.46. The molecule has 1 aromatic carbocycles. The Balaban J connectivity index is 1.39. The average Bonchev–Trinajstić information content (AvgIpc) is 3.53. The SMILES string of the molecule is CCc1nc2ccc(N3CCN(C(=O)OC(C)(C)C)CC3)cn2c1N(C)c1nc(-c2ccc(Cl)cc2)ns1. The van der Waals surface area contributed by atoms with Gasteiger partial charge in [-0.05, 0) is 63.6 Å². The summed E-state index contributed by atoms with van der Waals surface area (Å²) in [5.41, 5.74) is 3.37. The lowest BCUT2D eigenvalue weighted by Crippen LogP contribution is -2.50. The monoisotopic (exact) mass is 553 g/mol. The van der Waals surface area contributed by atoms with Crippen LogP contribution in [-0.4, -0.2) is 68.6 Å². The summed E-state index contributed by atoms with van der Waals surface area (Å²) in [6.45, 7) is 10.5. The minimum Gasteiger partial charge on any atom is -0.444 e. The van der Waals surface area contributed by atoms with Gasteiger partial charge in [0.1, 0.15) is 17.1 Å². The first-order chi connectivity index (χ1) is 18.1. The number of halogens is 1. The number of imidazole rings is 1. The van der Waals surface area contributed by atoms with Crippen LogP contribution in [0.2, 0.25) is 5.02 Å². The predicted octanol–water partition coefficient (Wildman–Crippen LogP) is 5.89. The number of fused-ring (bicyclic) bond motifs is 1. The normalized spacial score (nSPS) is 14.3. The number of piperazine rings is 1. The van der Waals surface area contributed by atoms with Crippen molar-refractivity contribution in [3.05, 3.63) is 53.3 Å². The smallest absolute Gasteiger partial charge is 0.410 e. The van der Waals surface area contributed by atoms with E-state index in [2.05, 4.69) is 37.8 Å². The van der Waals surface area contributed by atoms with Crippen molar-refractivity contribution in [2.75, 3.05) is 43.0 Å².